The maximum absolute atomic E-state index is 6.28. The first-order valence-electron chi connectivity index (χ1n) is 9.59. The van der Waals surface area contributed by atoms with Crippen molar-refractivity contribution in [2.24, 2.45) is 0 Å². The highest BCUT2D eigenvalue weighted by atomic mass is 35.5. The molecule has 31 heavy (non-hydrogen) atoms. The van der Waals surface area contributed by atoms with E-state index < -0.39 is 0 Å². The molecule has 0 saturated carbocycles. The number of rotatable bonds is 6. The van der Waals surface area contributed by atoms with E-state index in [0.717, 1.165) is 33.8 Å². The van der Waals surface area contributed by atoms with E-state index in [2.05, 4.69) is 34.2 Å². The van der Waals surface area contributed by atoms with Gasteiger partial charge in [0.05, 0.1) is 24.9 Å². The zero-order valence-electron chi connectivity index (χ0n) is 17.0. The SMILES string of the molecule is COc1ccc(-c2ccc(/C=C/c3nc(-c4ccc(Cl)cc4Cl)c[nH]3)cc2)cc1OC. The van der Waals surface area contributed by atoms with Gasteiger partial charge in [0.1, 0.15) is 5.82 Å². The van der Waals surface area contributed by atoms with Gasteiger partial charge in [-0.25, -0.2) is 4.98 Å². The third-order valence-electron chi connectivity index (χ3n) is 4.87. The summed E-state index contributed by atoms with van der Waals surface area (Å²) in [6, 6.07) is 19.5. The highest BCUT2D eigenvalue weighted by molar-refractivity contribution is 6.36. The normalized spacial score (nSPS) is 11.1. The second-order valence-electron chi connectivity index (χ2n) is 6.82. The van der Waals surface area contributed by atoms with Gasteiger partial charge in [0.15, 0.2) is 11.5 Å². The quantitative estimate of drug-likeness (QED) is 0.336. The van der Waals surface area contributed by atoms with Crippen LogP contribution in [0.3, 0.4) is 0 Å². The van der Waals surface area contributed by atoms with Gasteiger partial charge in [0.2, 0.25) is 0 Å². The van der Waals surface area contributed by atoms with Gasteiger partial charge in [-0.1, -0.05) is 59.6 Å². The van der Waals surface area contributed by atoms with Gasteiger partial charge in [-0.15, -0.1) is 0 Å². The average molecular weight is 451 g/mol. The topological polar surface area (TPSA) is 47.1 Å². The first-order valence-corrected chi connectivity index (χ1v) is 10.3. The van der Waals surface area contributed by atoms with Crippen molar-refractivity contribution in [3.05, 3.63) is 88.3 Å². The fraction of sp³-hybridized carbons (Fsp3) is 0.0800. The Kier molecular flexibility index (Phi) is 6.31. The number of halogens is 2. The summed E-state index contributed by atoms with van der Waals surface area (Å²) < 4.78 is 10.7. The lowest BCUT2D eigenvalue weighted by atomic mass is 10.0. The molecule has 6 heteroatoms. The third kappa shape index (κ3) is 4.76. The van der Waals surface area contributed by atoms with Gasteiger partial charge >= 0.3 is 0 Å². The zero-order valence-corrected chi connectivity index (χ0v) is 18.5. The van der Waals surface area contributed by atoms with E-state index in [1.807, 2.05) is 42.6 Å². The van der Waals surface area contributed by atoms with Gasteiger partial charge in [0.25, 0.3) is 0 Å². The molecule has 156 valence electrons. The van der Waals surface area contributed by atoms with E-state index in [0.29, 0.717) is 21.5 Å². The highest BCUT2D eigenvalue weighted by Crippen LogP contribution is 2.32. The maximum Gasteiger partial charge on any atom is 0.161 e. The lowest BCUT2D eigenvalue weighted by molar-refractivity contribution is 0.355. The van der Waals surface area contributed by atoms with Crippen LogP contribution in [-0.2, 0) is 0 Å². The van der Waals surface area contributed by atoms with E-state index in [1.54, 1.807) is 26.4 Å². The highest BCUT2D eigenvalue weighted by Gasteiger charge is 2.08. The molecule has 0 aliphatic heterocycles. The Bertz CT molecular complexity index is 1230. The molecular weight excluding hydrogens is 431 g/mol. The molecule has 4 nitrogen and oxygen atoms in total. The molecule has 1 N–H and O–H groups in total. The fourth-order valence-electron chi connectivity index (χ4n) is 3.23. The lowest BCUT2D eigenvalue weighted by Gasteiger charge is -2.09. The molecule has 0 atom stereocenters. The van der Waals surface area contributed by atoms with Crippen LogP contribution in [0.25, 0.3) is 34.5 Å². The molecule has 0 aliphatic rings. The average Bonchev–Trinajstić information content (AvgIpc) is 3.26. The van der Waals surface area contributed by atoms with Gasteiger partial charge in [0, 0.05) is 16.8 Å². The molecule has 0 spiro atoms. The minimum atomic E-state index is 0.570. The number of hydrogen-bond donors (Lipinski definition) is 1. The number of hydrogen-bond acceptors (Lipinski definition) is 3. The molecule has 0 aliphatic carbocycles. The lowest BCUT2D eigenvalue weighted by Crippen LogP contribution is -1.90. The summed E-state index contributed by atoms with van der Waals surface area (Å²) in [4.78, 5) is 7.75. The number of methoxy groups -OCH3 is 2. The van der Waals surface area contributed by atoms with Crippen molar-refractivity contribution < 1.29 is 9.47 Å². The van der Waals surface area contributed by atoms with E-state index in [4.69, 9.17) is 32.7 Å². The minimum Gasteiger partial charge on any atom is -0.493 e. The van der Waals surface area contributed by atoms with Crippen LogP contribution in [0.2, 0.25) is 10.0 Å². The van der Waals surface area contributed by atoms with Gasteiger partial charge < -0.3 is 14.5 Å². The van der Waals surface area contributed by atoms with Crippen molar-refractivity contribution in [3.63, 3.8) is 0 Å². The molecule has 3 aromatic carbocycles. The Hall–Kier alpha value is -3.21. The number of benzene rings is 3. The summed E-state index contributed by atoms with van der Waals surface area (Å²) in [5.74, 6) is 2.16. The summed E-state index contributed by atoms with van der Waals surface area (Å²) in [5.41, 5.74) is 4.82. The van der Waals surface area contributed by atoms with Crippen LogP contribution in [0.5, 0.6) is 11.5 Å². The van der Waals surface area contributed by atoms with Crippen molar-refractivity contribution in [1.82, 2.24) is 9.97 Å². The second-order valence-corrected chi connectivity index (χ2v) is 7.66. The van der Waals surface area contributed by atoms with E-state index in [1.165, 1.54) is 0 Å². The Balaban J connectivity index is 1.50. The van der Waals surface area contributed by atoms with Gasteiger partial charge in [-0.3, -0.25) is 0 Å². The Morgan fingerprint density at radius 3 is 2.26 bits per heavy atom. The smallest absolute Gasteiger partial charge is 0.161 e. The predicted octanol–water partition coefficient (Wildman–Crippen LogP) is 7.24. The van der Waals surface area contributed by atoms with Crippen molar-refractivity contribution >= 4 is 35.4 Å². The minimum absolute atomic E-state index is 0.570. The van der Waals surface area contributed by atoms with E-state index in [-0.39, 0.29) is 0 Å². The maximum atomic E-state index is 6.28. The summed E-state index contributed by atoms with van der Waals surface area (Å²) in [6.45, 7) is 0. The summed E-state index contributed by atoms with van der Waals surface area (Å²) in [5, 5.41) is 1.17. The Morgan fingerprint density at radius 1 is 0.806 bits per heavy atom. The molecule has 0 fully saturated rings. The zero-order chi connectivity index (χ0) is 21.8. The van der Waals surface area contributed by atoms with Crippen LogP contribution < -0.4 is 9.47 Å². The first kappa shape index (κ1) is 21.0. The first-order chi connectivity index (χ1) is 15.1. The van der Waals surface area contributed by atoms with Crippen molar-refractivity contribution in [2.45, 2.75) is 0 Å². The predicted molar refractivity (Wildman–Crippen MR) is 128 cm³/mol. The number of nitrogens with one attached hydrogen (secondary N) is 1. The van der Waals surface area contributed by atoms with Crippen LogP contribution in [0.1, 0.15) is 11.4 Å². The van der Waals surface area contributed by atoms with Crippen LogP contribution in [-0.4, -0.2) is 24.2 Å². The van der Waals surface area contributed by atoms with E-state index in [9.17, 15) is 0 Å². The molecular formula is C25H20Cl2N2O2. The molecule has 4 rings (SSSR count). The number of aromatic amines is 1. The fourth-order valence-corrected chi connectivity index (χ4v) is 3.74. The number of imidazole rings is 1. The van der Waals surface area contributed by atoms with Crippen molar-refractivity contribution in [2.75, 3.05) is 14.2 Å². The summed E-state index contributed by atoms with van der Waals surface area (Å²) in [6.07, 6.45) is 5.76. The van der Waals surface area contributed by atoms with Crippen LogP contribution in [0.4, 0.5) is 0 Å². The molecule has 4 aromatic rings. The van der Waals surface area contributed by atoms with Crippen LogP contribution in [0, 0.1) is 0 Å². The number of aromatic nitrogens is 2. The molecule has 1 aromatic heterocycles. The molecule has 0 amide bonds. The Morgan fingerprint density at radius 2 is 1.55 bits per heavy atom. The van der Waals surface area contributed by atoms with Gasteiger partial charge in [-0.2, -0.15) is 0 Å². The van der Waals surface area contributed by atoms with Crippen molar-refractivity contribution in [1.29, 1.82) is 0 Å². The molecule has 1 heterocycles. The monoisotopic (exact) mass is 450 g/mol. The van der Waals surface area contributed by atoms with Crippen LogP contribution in [0.15, 0.2) is 66.9 Å². The molecule has 0 bridgehead atoms. The molecule has 0 unspecified atom stereocenters. The molecule has 0 radical (unpaired) electrons. The van der Waals surface area contributed by atoms with Gasteiger partial charge in [-0.05, 0) is 53.1 Å². The van der Waals surface area contributed by atoms with Crippen LogP contribution >= 0.6 is 23.2 Å². The largest absolute Gasteiger partial charge is 0.493 e. The Labute approximate surface area is 191 Å². The third-order valence-corrected chi connectivity index (χ3v) is 5.41. The standard InChI is InChI=1S/C25H20Cl2N2O2/c1-30-23-11-8-18(13-24(23)31-2)17-6-3-16(4-7-17)5-12-25-28-15-22(29-25)20-10-9-19(26)14-21(20)27/h3-15H,1-2H3,(H,28,29)/b12-5+. The number of ether oxygens (including phenoxy) is 2. The second kappa shape index (κ2) is 9.29. The number of H-pyrrole nitrogens is 1. The van der Waals surface area contributed by atoms with Crippen molar-refractivity contribution in [3.8, 4) is 33.9 Å². The molecule has 0 saturated heterocycles. The summed E-state index contributed by atoms with van der Waals surface area (Å²) in [7, 11) is 3.27. The summed E-state index contributed by atoms with van der Waals surface area (Å²) >= 11 is 12.2. The van der Waals surface area contributed by atoms with E-state index >= 15 is 0 Å². The number of nitrogens with zero attached hydrogens (tertiary/aromatic N) is 1.